The number of aliphatic hydroxyl groups is 1. The molecule has 0 bridgehead atoms. The van der Waals surface area contributed by atoms with Gasteiger partial charge in [0, 0.05) is 24.8 Å². The third-order valence-electron chi connectivity index (χ3n) is 3.03. The first-order chi connectivity index (χ1) is 8.69. The molecule has 0 saturated carbocycles. The highest BCUT2D eigenvalue weighted by atomic mass is 35.5. The molecule has 0 aliphatic carbocycles. The number of amides is 1. The minimum Gasteiger partial charge on any atom is -0.389 e. The van der Waals surface area contributed by atoms with Crippen molar-refractivity contribution in [3.63, 3.8) is 0 Å². The Morgan fingerprint density at radius 3 is 2.74 bits per heavy atom. The minimum absolute atomic E-state index is 0.228. The predicted octanol–water partition coefficient (Wildman–Crippen LogP) is 1.50. The summed E-state index contributed by atoms with van der Waals surface area (Å²) in [5.74, 6) is -0.228. The molecule has 5 nitrogen and oxygen atoms in total. The summed E-state index contributed by atoms with van der Waals surface area (Å²) in [4.78, 5) is 13.4. The smallest absolute Gasteiger partial charge is 0.245 e. The average molecular weight is 284 g/mol. The number of carbonyl (C=O) groups is 1. The number of halogens is 1. The highest BCUT2D eigenvalue weighted by Gasteiger charge is 2.29. The summed E-state index contributed by atoms with van der Waals surface area (Å²) in [6.07, 6.45) is 0. The molecule has 1 aromatic carbocycles. The van der Waals surface area contributed by atoms with Crippen LogP contribution in [0.4, 0.5) is 11.4 Å². The molecule has 1 amide bonds. The standard InChI is InChI=1S/C13H18ClN3O2/c1-13(2,19)6-17(3)10-5-9-7(4-8(10)14)11(15)12(18)16-9/h4-5,11,19H,6,15H2,1-3H3,(H,16,18). The molecule has 1 aliphatic rings. The highest BCUT2D eigenvalue weighted by Crippen LogP contribution is 2.37. The van der Waals surface area contributed by atoms with Gasteiger partial charge in [0.1, 0.15) is 6.04 Å². The number of nitrogens with zero attached hydrogens (tertiary/aromatic N) is 1. The molecule has 0 fully saturated rings. The molecule has 1 atom stereocenters. The second kappa shape index (κ2) is 4.67. The second-order valence-electron chi connectivity index (χ2n) is 5.53. The van der Waals surface area contributed by atoms with Gasteiger partial charge in [-0.2, -0.15) is 0 Å². The Morgan fingerprint density at radius 1 is 1.53 bits per heavy atom. The van der Waals surface area contributed by atoms with E-state index in [0.717, 1.165) is 5.69 Å². The Hall–Kier alpha value is -1.30. The fourth-order valence-electron chi connectivity index (χ4n) is 2.25. The molecular formula is C13H18ClN3O2. The first kappa shape index (κ1) is 14.1. The molecular weight excluding hydrogens is 266 g/mol. The number of carbonyl (C=O) groups excluding carboxylic acids is 1. The number of hydrogen-bond acceptors (Lipinski definition) is 4. The number of anilines is 2. The number of likely N-dealkylation sites (N-methyl/N-ethyl adjacent to an activating group) is 1. The van der Waals surface area contributed by atoms with E-state index in [9.17, 15) is 9.90 Å². The number of nitrogens with two attached hydrogens (primary N) is 1. The second-order valence-corrected chi connectivity index (χ2v) is 5.93. The fourth-order valence-corrected chi connectivity index (χ4v) is 2.57. The first-order valence-corrected chi connectivity index (χ1v) is 6.40. The van der Waals surface area contributed by atoms with Crippen LogP contribution < -0.4 is 16.0 Å². The van der Waals surface area contributed by atoms with Crippen molar-refractivity contribution in [2.24, 2.45) is 5.73 Å². The monoisotopic (exact) mass is 283 g/mol. The fraction of sp³-hybridized carbons (Fsp3) is 0.462. The Bertz CT molecular complexity index is 525. The maximum Gasteiger partial charge on any atom is 0.245 e. The van der Waals surface area contributed by atoms with Crippen molar-refractivity contribution in [2.75, 3.05) is 23.8 Å². The Kier molecular flexibility index (Phi) is 3.47. The van der Waals surface area contributed by atoms with Gasteiger partial charge in [0.15, 0.2) is 0 Å². The molecule has 0 spiro atoms. The number of nitrogens with one attached hydrogen (secondary N) is 1. The first-order valence-electron chi connectivity index (χ1n) is 6.02. The molecule has 0 radical (unpaired) electrons. The topological polar surface area (TPSA) is 78.6 Å². The predicted molar refractivity (Wildman–Crippen MR) is 76.6 cm³/mol. The summed E-state index contributed by atoms with van der Waals surface area (Å²) in [6.45, 7) is 3.87. The zero-order valence-corrected chi connectivity index (χ0v) is 12.0. The van der Waals surface area contributed by atoms with Gasteiger partial charge in [0.05, 0.1) is 16.3 Å². The van der Waals surface area contributed by atoms with Crippen molar-refractivity contribution in [2.45, 2.75) is 25.5 Å². The summed E-state index contributed by atoms with van der Waals surface area (Å²) in [6, 6.07) is 2.82. The number of benzene rings is 1. The van der Waals surface area contributed by atoms with Crippen LogP contribution in [-0.4, -0.2) is 30.2 Å². The van der Waals surface area contributed by atoms with Gasteiger partial charge in [-0.15, -0.1) is 0 Å². The van der Waals surface area contributed by atoms with Crippen LogP contribution >= 0.6 is 11.6 Å². The molecule has 1 heterocycles. The lowest BCUT2D eigenvalue weighted by atomic mass is 10.1. The molecule has 0 aromatic heterocycles. The molecule has 104 valence electrons. The van der Waals surface area contributed by atoms with Gasteiger partial charge >= 0.3 is 0 Å². The lowest BCUT2D eigenvalue weighted by Gasteiger charge is -2.28. The van der Waals surface area contributed by atoms with Crippen LogP contribution in [0.3, 0.4) is 0 Å². The molecule has 19 heavy (non-hydrogen) atoms. The maximum absolute atomic E-state index is 11.5. The van der Waals surface area contributed by atoms with Crippen LogP contribution in [0.15, 0.2) is 12.1 Å². The van der Waals surface area contributed by atoms with E-state index in [1.165, 1.54) is 0 Å². The molecule has 1 unspecified atom stereocenters. The van der Waals surface area contributed by atoms with E-state index in [2.05, 4.69) is 5.32 Å². The molecule has 4 N–H and O–H groups in total. The van der Waals surface area contributed by atoms with E-state index >= 15 is 0 Å². The molecule has 6 heteroatoms. The lowest BCUT2D eigenvalue weighted by molar-refractivity contribution is -0.116. The minimum atomic E-state index is -0.837. The van der Waals surface area contributed by atoms with E-state index in [1.807, 2.05) is 11.9 Å². The summed E-state index contributed by atoms with van der Waals surface area (Å²) in [7, 11) is 1.84. The summed E-state index contributed by atoms with van der Waals surface area (Å²) < 4.78 is 0. The SMILES string of the molecule is CN(CC(C)(C)O)c1cc2c(cc1Cl)C(N)C(=O)N2. The van der Waals surface area contributed by atoms with Crippen LogP contribution in [0.1, 0.15) is 25.5 Å². The number of fused-ring (bicyclic) bond motifs is 1. The van der Waals surface area contributed by atoms with Gasteiger partial charge in [-0.25, -0.2) is 0 Å². The van der Waals surface area contributed by atoms with Crippen molar-refractivity contribution in [3.05, 3.63) is 22.7 Å². The number of rotatable bonds is 3. The van der Waals surface area contributed by atoms with Crippen LogP contribution in [-0.2, 0) is 4.79 Å². The normalized spacial score (nSPS) is 18.2. The lowest BCUT2D eigenvalue weighted by Crippen LogP contribution is -2.36. The van der Waals surface area contributed by atoms with E-state index in [-0.39, 0.29) is 5.91 Å². The molecule has 0 saturated heterocycles. The maximum atomic E-state index is 11.5. The van der Waals surface area contributed by atoms with Crippen LogP contribution in [0, 0.1) is 0 Å². The third kappa shape index (κ3) is 2.83. The van der Waals surface area contributed by atoms with Crippen LogP contribution in [0.5, 0.6) is 0 Å². The van der Waals surface area contributed by atoms with Crippen molar-refractivity contribution >= 4 is 28.9 Å². The van der Waals surface area contributed by atoms with Gasteiger partial charge in [-0.3, -0.25) is 4.79 Å². The van der Waals surface area contributed by atoms with Gasteiger partial charge < -0.3 is 21.1 Å². The molecule has 1 aliphatic heterocycles. The van der Waals surface area contributed by atoms with Crippen molar-refractivity contribution in [1.82, 2.24) is 0 Å². The summed E-state index contributed by atoms with van der Waals surface area (Å²) in [5, 5.41) is 13.1. The van der Waals surface area contributed by atoms with E-state index in [1.54, 1.807) is 26.0 Å². The van der Waals surface area contributed by atoms with Crippen LogP contribution in [0.2, 0.25) is 5.02 Å². The zero-order valence-electron chi connectivity index (χ0n) is 11.2. The summed E-state index contributed by atoms with van der Waals surface area (Å²) >= 11 is 6.23. The van der Waals surface area contributed by atoms with Crippen molar-refractivity contribution in [1.29, 1.82) is 0 Å². The molecule has 2 rings (SSSR count). The largest absolute Gasteiger partial charge is 0.389 e. The number of hydrogen-bond donors (Lipinski definition) is 3. The Morgan fingerprint density at radius 2 is 2.16 bits per heavy atom. The van der Waals surface area contributed by atoms with Gasteiger partial charge in [-0.05, 0) is 26.0 Å². The average Bonchev–Trinajstić information content (AvgIpc) is 2.52. The van der Waals surface area contributed by atoms with E-state index in [0.29, 0.717) is 22.8 Å². The molecule has 1 aromatic rings. The Labute approximate surface area is 117 Å². The van der Waals surface area contributed by atoms with Gasteiger partial charge in [-0.1, -0.05) is 11.6 Å². The van der Waals surface area contributed by atoms with Crippen molar-refractivity contribution < 1.29 is 9.90 Å². The zero-order chi connectivity index (χ0) is 14.4. The highest BCUT2D eigenvalue weighted by molar-refractivity contribution is 6.33. The third-order valence-corrected chi connectivity index (χ3v) is 3.33. The quantitative estimate of drug-likeness (QED) is 0.785. The van der Waals surface area contributed by atoms with Gasteiger partial charge in [0.2, 0.25) is 5.91 Å². The van der Waals surface area contributed by atoms with Crippen molar-refractivity contribution in [3.8, 4) is 0 Å². The van der Waals surface area contributed by atoms with Crippen LogP contribution in [0.25, 0.3) is 0 Å². The van der Waals surface area contributed by atoms with Gasteiger partial charge in [0.25, 0.3) is 0 Å². The summed E-state index contributed by atoms with van der Waals surface area (Å²) in [5.41, 5.74) is 7.06. The van der Waals surface area contributed by atoms with E-state index in [4.69, 9.17) is 17.3 Å². The Balaban J connectivity index is 2.34. The van der Waals surface area contributed by atoms with E-state index < -0.39 is 11.6 Å².